The maximum atomic E-state index is 12.5. The van der Waals surface area contributed by atoms with Crippen molar-refractivity contribution < 1.29 is 8.94 Å². The minimum atomic E-state index is -1.31. The molecule has 0 fully saturated rings. The Bertz CT molecular complexity index is 345. The van der Waals surface area contributed by atoms with Gasteiger partial charge in [-0.3, -0.25) is 4.98 Å². The van der Waals surface area contributed by atoms with E-state index in [4.69, 9.17) is 0 Å². The monoisotopic (exact) mass is 228 g/mol. The largest absolute Gasteiger partial charge is 0.591 e. The summed E-state index contributed by atoms with van der Waals surface area (Å²) >= 11 is -1.31. The van der Waals surface area contributed by atoms with Crippen molar-refractivity contribution in [2.75, 3.05) is 0 Å². The summed E-state index contributed by atoms with van der Waals surface area (Å²) in [4.78, 5) is 3.77. The third-order valence-corrected chi connectivity index (χ3v) is 2.90. The standard InChI is InChI=1S/C10H13FN2OS/c1-10(2,3)15(14)13-7-9-5-4-8(11)6-12-9/h4-7H,1-3H3/t15-/m0/s1. The van der Waals surface area contributed by atoms with E-state index in [0.717, 1.165) is 6.20 Å². The molecule has 0 unspecified atom stereocenters. The fourth-order valence-corrected chi connectivity index (χ4v) is 1.24. The van der Waals surface area contributed by atoms with Crippen LogP contribution in [0.15, 0.2) is 22.7 Å². The summed E-state index contributed by atoms with van der Waals surface area (Å²) in [6.07, 6.45) is 2.49. The Labute approximate surface area is 91.8 Å². The predicted octanol–water partition coefficient (Wildman–Crippen LogP) is 2.10. The summed E-state index contributed by atoms with van der Waals surface area (Å²) in [5.74, 6) is -0.399. The molecule has 0 amide bonds. The summed E-state index contributed by atoms with van der Waals surface area (Å²) in [6.45, 7) is 5.50. The third-order valence-electron chi connectivity index (χ3n) is 1.55. The molecule has 15 heavy (non-hydrogen) atoms. The topological polar surface area (TPSA) is 48.3 Å². The molecular formula is C10H13FN2OS. The van der Waals surface area contributed by atoms with Crippen LogP contribution in [0.3, 0.4) is 0 Å². The van der Waals surface area contributed by atoms with Gasteiger partial charge in [0, 0.05) is 0 Å². The van der Waals surface area contributed by atoms with Crippen molar-refractivity contribution in [3.8, 4) is 0 Å². The van der Waals surface area contributed by atoms with Gasteiger partial charge in [-0.1, -0.05) is 4.40 Å². The van der Waals surface area contributed by atoms with Gasteiger partial charge in [0.05, 0.1) is 11.9 Å². The molecule has 0 spiro atoms. The van der Waals surface area contributed by atoms with E-state index in [1.165, 1.54) is 18.3 Å². The minimum absolute atomic E-state index is 0.392. The average molecular weight is 228 g/mol. The lowest BCUT2D eigenvalue weighted by molar-refractivity contribution is 0.562. The van der Waals surface area contributed by atoms with Crippen LogP contribution in [0.2, 0.25) is 0 Å². The van der Waals surface area contributed by atoms with E-state index in [-0.39, 0.29) is 0 Å². The highest BCUT2D eigenvalue weighted by atomic mass is 32.2. The van der Waals surface area contributed by atoms with Gasteiger partial charge < -0.3 is 4.55 Å². The van der Waals surface area contributed by atoms with Crippen LogP contribution in [0, 0.1) is 5.82 Å². The zero-order valence-electron chi connectivity index (χ0n) is 8.90. The van der Waals surface area contributed by atoms with Crippen LogP contribution >= 0.6 is 0 Å². The van der Waals surface area contributed by atoms with Crippen molar-refractivity contribution in [1.82, 2.24) is 4.98 Å². The van der Waals surface area contributed by atoms with Gasteiger partial charge in [0.2, 0.25) is 0 Å². The van der Waals surface area contributed by atoms with Crippen molar-refractivity contribution in [1.29, 1.82) is 0 Å². The number of rotatable bonds is 2. The van der Waals surface area contributed by atoms with E-state index in [0.29, 0.717) is 5.69 Å². The molecule has 0 radical (unpaired) electrons. The molecule has 1 heterocycles. The number of nitrogens with zero attached hydrogens (tertiary/aromatic N) is 2. The molecule has 3 nitrogen and oxygen atoms in total. The van der Waals surface area contributed by atoms with Crippen molar-refractivity contribution in [3.63, 3.8) is 0 Å². The Morgan fingerprint density at radius 2 is 2.13 bits per heavy atom. The van der Waals surface area contributed by atoms with Crippen molar-refractivity contribution in [2.24, 2.45) is 4.40 Å². The van der Waals surface area contributed by atoms with Gasteiger partial charge in [0.25, 0.3) is 0 Å². The molecule has 0 saturated heterocycles. The first kappa shape index (κ1) is 12.1. The molecule has 0 saturated carbocycles. The maximum Gasteiger partial charge on any atom is 0.144 e. The normalized spacial score (nSPS) is 14.5. The van der Waals surface area contributed by atoms with Crippen LogP contribution in [0.25, 0.3) is 0 Å². The molecule has 1 aromatic heterocycles. The van der Waals surface area contributed by atoms with Gasteiger partial charge in [-0.05, 0) is 32.9 Å². The number of aromatic nitrogens is 1. The van der Waals surface area contributed by atoms with Gasteiger partial charge in [0.15, 0.2) is 0 Å². The van der Waals surface area contributed by atoms with E-state index in [2.05, 4.69) is 9.38 Å². The molecule has 0 aromatic carbocycles. The Balaban J connectivity index is 2.70. The molecule has 0 N–H and O–H groups in total. The molecule has 1 rings (SSSR count). The summed E-state index contributed by atoms with van der Waals surface area (Å²) < 4.78 is 27.5. The predicted molar refractivity (Wildman–Crippen MR) is 59.7 cm³/mol. The average Bonchev–Trinajstić information content (AvgIpc) is 2.15. The second kappa shape index (κ2) is 4.72. The lowest BCUT2D eigenvalue weighted by Gasteiger charge is -2.17. The fraction of sp³-hybridized carbons (Fsp3) is 0.400. The molecule has 0 aliphatic carbocycles. The minimum Gasteiger partial charge on any atom is -0.591 e. The van der Waals surface area contributed by atoms with Crippen LogP contribution in [-0.2, 0) is 11.4 Å². The van der Waals surface area contributed by atoms with Crippen LogP contribution in [0.4, 0.5) is 4.39 Å². The molecule has 0 aliphatic heterocycles. The molecule has 82 valence electrons. The molecule has 1 atom stereocenters. The highest BCUT2D eigenvalue weighted by Gasteiger charge is 2.25. The van der Waals surface area contributed by atoms with Gasteiger partial charge in [-0.2, -0.15) is 0 Å². The zero-order valence-corrected chi connectivity index (χ0v) is 9.71. The summed E-state index contributed by atoms with van der Waals surface area (Å²) in [5.41, 5.74) is 0.494. The molecule has 0 bridgehead atoms. The van der Waals surface area contributed by atoms with E-state index >= 15 is 0 Å². The van der Waals surface area contributed by atoms with Gasteiger partial charge >= 0.3 is 0 Å². The van der Waals surface area contributed by atoms with Gasteiger partial charge in [0.1, 0.15) is 28.1 Å². The van der Waals surface area contributed by atoms with E-state index < -0.39 is 21.9 Å². The summed E-state index contributed by atoms with van der Waals surface area (Å²) in [7, 11) is 0. The Hall–Kier alpha value is -0.940. The smallest absolute Gasteiger partial charge is 0.144 e. The maximum absolute atomic E-state index is 12.5. The number of halogens is 1. The molecule has 5 heteroatoms. The first-order chi connectivity index (χ1) is 6.89. The Morgan fingerprint density at radius 1 is 1.47 bits per heavy atom. The van der Waals surface area contributed by atoms with Crippen LogP contribution in [-0.4, -0.2) is 20.5 Å². The zero-order chi connectivity index (χ0) is 11.5. The number of hydrogen-bond donors (Lipinski definition) is 0. The highest BCUT2D eigenvalue weighted by molar-refractivity contribution is 7.91. The molecular weight excluding hydrogens is 215 g/mol. The lowest BCUT2D eigenvalue weighted by Crippen LogP contribution is -2.25. The highest BCUT2D eigenvalue weighted by Crippen LogP contribution is 2.16. The second-order valence-corrected chi connectivity index (χ2v) is 5.93. The van der Waals surface area contributed by atoms with Gasteiger partial charge in [-0.25, -0.2) is 4.39 Å². The van der Waals surface area contributed by atoms with E-state index in [9.17, 15) is 8.94 Å². The number of pyridine rings is 1. The molecule has 1 aromatic rings. The first-order valence-corrected chi connectivity index (χ1v) is 5.58. The van der Waals surface area contributed by atoms with E-state index in [1.807, 2.05) is 20.8 Å². The van der Waals surface area contributed by atoms with Crippen molar-refractivity contribution in [2.45, 2.75) is 25.5 Å². The quantitative estimate of drug-likeness (QED) is 0.575. The second-order valence-electron chi connectivity index (χ2n) is 4.00. The summed E-state index contributed by atoms with van der Waals surface area (Å²) in [5, 5.41) is 0. The lowest BCUT2D eigenvalue weighted by atomic mass is 10.3. The Kier molecular flexibility index (Phi) is 3.82. The number of hydrogen-bond acceptors (Lipinski definition) is 3. The SMILES string of the molecule is CC(C)(C)[S@+]([O-])N=Cc1ccc(F)cn1. The van der Waals surface area contributed by atoms with Crippen molar-refractivity contribution >= 4 is 17.6 Å². The van der Waals surface area contributed by atoms with Crippen LogP contribution in [0.1, 0.15) is 26.5 Å². The fourth-order valence-electron chi connectivity index (χ4n) is 0.724. The first-order valence-electron chi connectivity index (χ1n) is 4.47. The molecule has 0 aliphatic rings. The van der Waals surface area contributed by atoms with Crippen molar-refractivity contribution in [3.05, 3.63) is 29.8 Å². The van der Waals surface area contributed by atoms with E-state index in [1.54, 1.807) is 0 Å². The third kappa shape index (κ3) is 3.97. The van der Waals surface area contributed by atoms with Crippen LogP contribution in [0.5, 0.6) is 0 Å². The summed E-state index contributed by atoms with van der Waals surface area (Å²) in [6, 6.07) is 2.77. The van der Waals surface area contributed by atoms with Gasteiger partial charge in [-0.15, -0.1) is 0 Å². The van der Waals surface area contributed by atoms with Crippen LogP contribution < -0.4 is 0 Å². The Morgan fingerprint density at radius 3 is 2.60 bits per heavy atom.